The van der Waals surface area contributed by atoms with Crippen LogP contribution in [0.15, 0.2) is 4.99 Å². The van der Waals surface area contributed by atoms with Gasteiger partial charge in [0.05, 0.1) is 6.54 Å². The fourth-order valence-corrected chi connectivity index (χ4v) is 2.75. The molecule has 0 radical (unpaired) electrons. The molecule has 1 aliphatic heterocycles. The lowest BCUT2D eigenvalue weighted by Gasteiger charge is -2.11. The summed E-state index contributed by atoms with van der Waals surface area (Å²) in [5, 5.41) is 7.35. The maximum Gasteiger partial charge on any atom is 0.191 e. The zero-order chi connectivity index (χ0) is 10.9. The molecule has 4 heteroatoms. The van der Waals surface area contributed by atoms with Crippen LogP contribution in [0.25, 0.3) is 0 Å². The highest BCUT2D eigenvalue weighted by Crippen LogP contribution is 2.25. The molecule has 15 heavy (non-hydrogen) atoms. The van der Waals surface area contributed by atoms with Gasteiger partial charge in [0.15, 0.2) is 5.96 Å². The first-order valence-electron chi connectivity index (χ1n) is 6.00. The number of aliphatic imine (C=N–C) groups is 1. The Bertz CT molecular complexity index is 188. The third kappa shape index (κ3) is 5.30. The third-order valence-corrected chi connectivity index (χ3v) is 3.74. The van der Waals surface area contributed by atoms with Crippen molar-refractivity contribution in [2.45, 2.75) is 38.4 Å². The van der Waals surface area contributed by atoms with Gasteiger partial charge in [0.1, 0.15) is 0 Å². The number of thioether (sulfide) groups is 1. The van der Waals surface area contributed by atoms with Crippen molar-refractivity contribution in [3.05, 3.63) is 0 Å². The van der Waals surface area contributed by atoms with Gasteiger partial charge in [0, 0.05) is 18.3 Å². The molecule has 0 amide bonds. The van der Waals surface area contributed by atoms with E-state index in [1.807, 2.05) is 0 Å². The summed E-state index contributed by atoms with van der Waals surface area (Å²) in [6.07, 6.45) is 3.84. The molecule has 0 aromatic carbocycles. The fourth-order valence-electron chi connectivity index (χ4n) is 1.57. The molecule has 88 valence electrons. The number of nitrogens with zero attached hydrogens (tertiary/aromatic N) is 1. The first-order chi connectivity index (χ1) is 7.36. The van der Waals surface area contributed by atoms with Crippen molar-refractivity contribution < 1.29 is 0 Å². The lowest BCUT2D eigenvalue weighted by molar-refractivity contribution is 0.756. The van der Waals surface area contributed by atoms with E-state index in [4.69, 9.17) is 0 Å². The van der Waals surface area contributed by atoms with Crippen LogP contribution in [0.1, 0.15) is 33.1 Å². The van der Waals surface area contributed by atoms with E-state index in [9.17, 15) is 0 Å². The van der Waals surface area contributed by atoms with Crippen LogP contribution in [-0.4, -0.2) is 36.6 Å². The van der Waals surface area contributed by atoms with Gasteiger partial charge < -0.3 is 10.6 Å². The van der Waals surface area contributed by atoms with Crippen LogP contribution in [-0.2, 0) is 0 Å². The summed E-state index contributed by atoms with van der Waals surface area (Å²) in [5.41, 5.74) is 0. The Balaban J connectivity index is 2.28. The smallest absolute Gasteiger partial charge is 0.191 e. The molecule has 1 rings (SSSR count). The molecule has 1 unspecified atom stereocenters. The molecular weight excluding hydrogens is 206 g/mol. The molecule has 0 bridgehead atoms. The molecular formula is C11H23N3S. The second kappa shape index (κ2) is 7.85. The predicted octanol–water partition coefficient (Wildman–Crippen LogP) is 1.85. The molecule has 0 saturated carbocycles. The van der Waals surface area contributed by atoms with Gasteiger partial charge in [0.25, 0.3) is 0 Å². The Hall–Kier alpha value is -0.380. The van der Waals surface area contributed by atoms with Crippen molar-refractivity contribution in [2.75, 3.05) is 25.4 Å². The van der Waals surface area contributed by atoms with Crippen LogP contribution in [0.5, 0.6) is 0 Å². The van der Waals surface area contributed by atoms with Crippen LogP contribution >= 0.6 is 11.8 Å². The van der Waals surface area contributed by atoms with Crippen LogP contribution in [0.3, 0.4) is 0 Å². The third-order valence-electron chi connectivity index (χ3n) is 2.36. The molecule has 1 atom stereocenters. The number of nitrogens with one attached hydrogen (secondary N) is 2. The zero-order valence-electron chi connectivity index (χ0n) is 9.88. The number of rotatable bonds is 5. The summed E-state index contributed by atoms with van der Waals surface area (Å²) in [7, 11) is 0. The molecule has 0 spiro atoms. The molecule has 0 aliphatic carbocycles. The lowest BCUT2D eigenvalue weighted by atomic mass is 10.2. The van der Waals surface area contributed by atoms with Crippen molar-refractivity contribution in [2.24, 2.45) is 4.99 Å². The van der Waals surface area contributed by atoms with Gasteiger partial charge in [-0.25, -0.2) is 0 Å². The van der Waals surface area contributed by atoms with Crippen LogP contribution in [0.2, 0.25) is 0 Å². The quantitative estimate of drug-likeness (QED) is 0.558. The minimum absolute atomic E-state index is 0.752. The number of hydrogen-bond acceptors (Lipinski definition) is 2. The van der Waals surface area contributed by atoms with Crippen molar-refractivity contribution in [3.8, 4) is 0 Å². The Morgan fingerprint density at radius 1 is 1.40 bits per heavy atom. The summed E-state index contributed by atoms with van der Waals surface area (Å²) < 4.78 is 0. The standard InChI is InChI=1S/C11H23N3S/c1-3-7-13-11(12-4-2)14-9-10-6-5-8-15-10/h10H,3-9H2,1-2H3,(H2,12,13,14). The first-order valence-corrected chi connectivity index (χ1v) is 7.05. The number of hydrogen-bond donors (Lipinski definition) is 2. The van der Waals surface area contributed by atoms with E-state index < -0.39 is 0 Å². The van der Waals surface area contributed by atoms with Gasteiger partial charge in [-0.1, -0.05) is 6.92 Å². The average Bonchev–Trinajstić information content (AvgIpc) is 2.75. The van der Waals surface area contributed by atoms with Crippen LogP contribution < -0.4 is 10.6 Å². The normalized spacial score (nSPS) is 21.7. The van der Waals surface area contributed by atoms with Gasteiger partial charge >= 0.3 is 0 Å². The van der Waals surface area contributed by atoms with E-state index in [0.29, 0.717) is 0 Å². The van der Waals surface area contributed by atoms with E-state index in [2.05, 4.69) is 41.2 Å². The summed E-state index contributed by atoms with van der Waals surface area (Å²) >= 11 is 2.06. The maximum absolute atomic E-state index is 4.61. The van der Waals surface area contributed by atoms with Gasteiger partial charge in [-0.3, -0.25) is 4.99 Å². The van der Waals surface area contributed by atoms with Gasteiger partial charge in [-0.15, -0.1) is 0 Å². The summed E-state index contributed by atoms with van der Waals surface area (Å²) in [6.45, 7) is 7.18. The monoisotopic (exact) mass is 229 g/mol. The summed E-state index contributed by atoms with van der Waals surface area (Å²) in [5.74, 6) is 2.30. The largest absolute Gasteiger partial charge is 0.357 e. The SMILES string of the molecule is CCCNC(=NCC1CCCS1)NCC. The molecule has 1 saturated heterocycles. The predicted molar refractivity (Wildman–Crippen MR) is 69.8 cm³/mol. The van der Waals surface area contributed by atoms with Crippen LogP contribution in [0.4, 0.5) is 0 Å². The second-order valence-electron chi connectivity index (χ2n) is 3.78. The Kier molecular flexibility index (Phi) is 6.64. The Morgan fingerprint density at radius 3 is 2.87 bits per heavy atom. The topological polar surface area (TPSA) is 36.4 Å². The van der Waals surface area contributed by atoms with Gasteiger partial charge in [-0.05, 0) is 31.9 Å². The molecule has 2 N–H and O–H groups in total. The molecule has 1 heterocycles. The summed E-state index contributed by atoms with van der Waals surface area (Å²) in [6, 6.07) is 0. The highest BCUT2D eigenvalue weighted by atomic mass is 32.2. The highest BCUT2D eigenvalue weighted by Gasteiger charge is 2.14. The van der Waals surface area contributed by atoms with Gasteiger partial charge in [0.2, 0.25) is 0 Å². The maximum atomic E-state index is 4.61. The van der Waals surface area contributed by atoms with Crippen molar-refractivity contribution >= 4 is 17.7 Å². The average molecular weight is 229 g/mol. The minimum Gasteiger partial charge on any atom is -0.357 e. The molecule has 0 aromatic rings. The number of guanidine groups is 1. The molecule has 0 aromatic heterocycles. The van der Waals surface area contributed by atoms with Crippen LogP contribution in [0, 0.1) is 0 Å². The van der Waals surface area contributed by atoms with Crippen molar-refractivity contribution in [1.82, 2.24) is 10.6 Å². The minimum atomic E-state index is 0.752. The summed E-state index contributed by atoms with van der Waals surface area (Å²) in [4.78, 5) is 4.61. The molecule has 1 aliphatic rings. The van der Waals surface area contributed by atoms with Crippen molar-refractivity contribution in [3.63, 3.8) is 0 Å². The Labute approximate surface area is 97.5 Å². The Morgan fingerprint density at radius 2 is 2.27 bits per heavy atom. The van der Waals surface area contributed by atoms with Gasteiger partial charge in [-0.2, -0.15) is 11.8 Å². The fraction of sp³-hybridized carbons (Fsp3) is 0.909. The first kappa shape index (κ1) is 12.7. The zero-order valence-corrected chi connectivity index (χ0v) is 10.7. The van der Waals surface area contributed by atoms with E-state index in [-0.39, 0.29) is 0 Å². The molecule has 1 fully saturated rings. The second-order valence-corrected chi connectivity index (χ2v) is 5.19. The van der Waals surface area contributed by atoms with E-state index in [1.54, 1.807) is 0 Å². The van der Waals surface area contributed by atoms with E-state index in [1.165, 1.54) is 18.6 Å². The van der Waals surface area contributed by atoms with E-state index in [0.717, 1.165) is 37.3 Å². The van der Waals surface area contributed by atoms with E-state index >= 15 is 0 Å². The van der Waals surface area contributed by atoms with Crippen molar-refractivity contribution in [1.29, 1.82) is 0 Å². The molecule has 3 nitrogen and oxygen atoms in total. The lowest BCUT2D eigenvalue weighted by Crippen LogP contribution is -2.38. The highest BCUT2D eigenvalue weighted by molar-refractivity contribution is 8.00.